The van der Waals surface area contributed by atoms with Gasteiger partial charge in [-0.3, -0.25) is 0 Å². The van der Waals surface area contributed by atoms with Gasteiger partial charge in [-0.15, -0.1) is 11.3 Å². The second-order valence-corrected chi connectivity index (χ2v) is 7.95. The van der Waals surface area contributed by atoms with Crippen molar-refractivity contribution in [2.45, 2.75) is 0 Å². The van der Waals surface area contributed by atoms with Crippen molar-refractivity contribution in [3.63, 3.8) is 0 Å². The van der Waals surface area contributed by atoms with Crippen LogP contribution in [0.5, 0.6) is 11.5 Å². The number of thioether (sulfide) groups is 1. The lowest BCUT2D eigenvalue weighted by atomic mass is 10.4. The van der Waals surface area contributed by atoms with Crippen molar-refractivity contribution in [3.8, 4) is 11.5 Å². The van der Waals surface area contributed by atoms with E-state index in [4.69, 9.17) is 9.47 Å². The second kappa shape index (κ2) is 5.16. The molecule has 0 unspecified atom stereocenters. The van der Waals surface area contributed by atoms with E-state index in [9.17, 15) is 0 Å². The fourth-order valence-electron chi connectivity index (χ4n) is 1.28. The summed E-state index contributed by atoms with van der Waals surface area (Å²) >= 11 is 9.81. The van der Waals surface area contributed by atoms with Gasteiger partial charge in [-0.1, -0.05) is 24.9 Å². The molecule has 0 atom stereocenters. The average molecular weight is 384 g/mol. The molecule has 1 aliphatic heterocycles. The number of hydrogen-bond donors (Lipinski definition) is 0. The fourth-order valence-corrected chi connectivity index (χ4v) is 4.13. The Kier molecular flexibility index (Phi) is 4.05. The van der Waals surface area contributed by atoms with Gasteiger partial charge in [0, 0.05) is 8.72 Å². The van der Waals surface area contributed by atoms with Crippen LogP contribution in [0, 0.1) is 0 Å². The molecule has 0 aliphatic carbocycles. The fraction of sp³-hybridized carbons (Fsp3) is 0.200. The molecule has 0 saturated carbocycles. The molecule has 1 aromatic rings. The van der Waals surface area contributed by atoms with Gasteiger partial charge in [0.2, 0.25) is 0 Å². The molecule has 0 amide bonds. The van der Waals surface area contributed by atoms with Crippen molar-refractivity contribution >= 4 is 59.9 Å². The van der Waals surface area contributed by atoms with E-state index in [-0.39, 0.29) is 0 Å². The van der Waals surface area contributed by atoms with Crippen molar-refractivity contribution in [3.05, 3.63) is 25.6 Å². The monoisotopic (exact) mass is 382 g/mol. The third kappa shape index (κ3) is 2.50. The Morgan fingerprint density at radius 2 is 1.88 bits per heavy atom. The van der Waals surface area contributed by atoms with Crippen molar-refractivity contribution < 1.29 is 9.47 Å². The van der Waals surface area contributed by atoms with Gasteiger partial charge in [0.15, 0.2) is 11.5 Å². The number of hydrogen-bond acceptors (Lipinski definition) is 4. The highest BCUT2D eigenvalue weighted by molar-refractivity contribution is 9.14. The van der Waals surface area contributed by atoms with Crippen LogP contribution in [0.25, 0.3) is 4.91 Å². The van der Waals surface area contributed by atoms with Crippen molar-refractivity contribution in [1.82, 2.24) is 0 Å². The highest BCUT2D eigenvalue weighted by Crippen LogP contribution is 2.52. The predicted molar refractivity (Wildman–Crippen MR) is 77.7 cm³/mol. The molecule has 2 rings (SSSR count). The minimum Gasteiger partial charge on any atom is -0.485 e. The van der Waals surface area contributed by atoms with Gasteiger partial charge >= 0.3 is 0 Å². The molecule has 2 heterocycles. The Hall–Kier alpha value is 0.0900. The molecular formula is C10H8Br2O2S2. The molecule has 2 nitrogen and oxygen atoms in total. The number of rotatable bonds is 3. The standard InChI is InChI=1S/C10H8Br2O2S2/c1-5(15-6(2)11)9-7-8(10(12)16-9)14-4-3-13-7/h1-4H2. The topological polar surface area (TPSA) is 18.5 Å². The van der Waals surface area contributed by atoms with Gasteiger partial charge in [0.05, 0.1) is 4.88 Å². The van der Waals surface area contributed by atoms with Crippen molar-refractivity contribution in [1.29, 1.82) is 0 Å². The maximum atomic E-state index is 5.61. The quantitative estimate of drug-likeness (QED) is 0.743. The number of halogens is 2. The van der Waals surface area contributed by atoms with Crippen LogP contribution in [0.4, 0.5) is 0 Å². The minimum absolute atomic E-state index is 0.580. The molecule has 86 valence electrons. The number of thiophene rings is 1. The predicted octanol–water partition coefficient (Wildman–Crippen LogP) is 4.85. The molecule has 6 heteroatoms. The molecule has 1 aromatic heterocycles. The summed E-state index contributed by atoms with van der Waals surface area (Å²) in [6.45, 7) is 8.96. The largest absolute Gasteiger partial charge is 0.485 e. The van der Waals surface area contributed by atoms with Crippen LogP contribution in [-0.2, 0) is 0 Å². The molecule has 0 radical (unpaired) electrons. The Morgan fingerprint density at radius 3 is 2.50 bits per heavy atom. The Labute approximate surface area is 119 Å². The molecule has 0 N–H and O–H groups in total. The van der Waals surface area contributed by atoms with Gasteiger partial charge in [0.25, 0.3) is 0 Å². The van der Waals surface area contributed by atoms with E-state index < -0.39 is 0 Å². The maximum Gasteiger partial charge on any atom is 0.187 e. The van der Waals surface area contributed by atoms with Gasteiger partial charge in [0.1, 0.15) is 17.0 Å². The molecule has 0 aromatic carbocycles. The van der Waals surface area contributed by atoms with Crippen molar-refractivity contribution in [2.75, 3.05) is 13.2 Å². The summed E-state index contributed by atoms with van der Waals surface area (Å²) in [7, 11) is 0. The van der Waals surface area contributed by atoms with E-state index in [0.717, 1.165) is 28.9 Å². The zero-order valence-corrected chi connectivity index (χ0v) is 13.0. The first-order valence-corrected chi connectivity index (χ1v) is 7.61. The zero-order valence-electron chi connectivity index (χ0n) is 8.22. The van der Waals surface area contributed by atoms with Crippen LogP contribution in [0.2, 0.25) is 0 Å². The number of ether oxygens (including phenoxy) is 2. The Bertz CT molecular complexity index is 454. The SMILES string of the molecule is C=C(Br)SC(=C)c1sc(Br)c2c1OCCO2. The molecule has 0 spiro atoms. The first-order valence-electron chi connectivity index (χ1n) is 4.39. The summed E-state index contributed by atoms with van der Waals surface area (Å²) in [6, 6.07) is 0. The first-order chi connectivity index (χ1) is 7.59. The molecule has 0 bridgehead atoms. The highest BCUT2D eigenvalue weighted by Gasteiger charge is 2.24. The van der Waals surface area contributed by atoms with Gasteiger partial charge < -0.3 is 9.47 Å². The molecule has 0 fully saturated rings. The van der Waals surface area contributed by atoms with E-state index >= 15 is 0 Å². The van der Waals surface area contributed by atoms with E-state index in [2.05, 4.69) is 45.0 Å². The Balaban J connectivity index is 2.34. The van der Waals surface area contributed by atoms with Crippen LogP contribution in [0.3, 0.4) is 0 Å². The van der Waals surface area contributed by atoms with Gasteiger partial charge in [-0.2, -0.15) is 0 Å². The summed E-state index contributed by atoms with van der Waals surface area (Å²) in [5.41, 5.74) is 0. The van der Waals surface area contributed by atoms with Crippen molar-refractivity contribution in [2.24, 2.45) is 0 Å². The highest BCUT2D eigenvalue weighted by atomic mass is 79.9. The first kappa shape index (κ1) is 12.5. The van der Waals surface area contributed by atoms with Crippen LogP contribution in [-0.4, -0.2) is 13.2 Å². The third-order valence-electron chi connectivity index (χ3n) is 1.85. The van der Waals surface area contributed by atoms with E-state index in [1.54, 1.807) is 11.3 Å². The summed E-state index contributed by atoms with van der Waals surface area (Å²) in [5.74, 6) is 1.57. The van der Waals surface area contributed by atoms with Crippen LogP contribution < -0.4 is 9.47 Å². The van der Waals surface area contributed by atoms with Gasteiger partial charge in [-0.25, -0.2) is 0 Å². The zero-order chi connectivity index (χ0) is 11.7. The summed E-state index contributed by atoms with van der Waals surface area (Å²) in [6.07, 6.45) is 0. The Morgan fingerprint density at radius 1 is 1.25 bits per heavy atom. The molecule has 1 aliphatic rings. The lowest BCUT2D eigenvalue weighted by Crippen LogP contribution is -2.14. The summed E-state index contributed by atoms with van der Waals surface area (Å²) in [5, 5.41) is 0. The molecule has 0 saturated heterocycles. The maximum absolute atomic E-state index is 5.61. The third-order valence-corrected chi connectivity index (χ3v) is 4.98. The normalized spacial score (nSPS) is 13.6. The summed E-state index contributed by atoms with van der Waals surface area (Å²) in [4.78, 5) is 1.89. The average Bonchev–Trinajstić information content (AvgIpc) is 2.56. The van der Waals surface area contributed by atoms with Gasteiger partial charge in [-0.05, 0) is 31.9 Å². The van der Waals surface area contributed by atoms with Crippen LogP contribution >= 0.6 is 55.0 Å². The summed E-state index contributed by atoms with van der Waals surface area (Å²) < 4.78 is 12.9. The lowest BCUT2D eigenvalue weighted by molar-refractivity contribution is 0.172. The number of fused-ring (bicyclic) bond motifs is 1. The second-order valence-electron chi connectivity index (χ2n) is 2.94. The van der Waals surface area contributed by atoms with E-state index in [1.165, 1.54) is 11.8 Å². The molecule has 16 heavy (non-hydrogen) atoms. The van der Waals surface area contributed by atoms with E-state index in [0.29, 0.717) is 13.2 Å². The van der Waals surface area contributed by atoms with E-state index in [1.807, 2.05) is 0 Å². The van der Waals surface area contributed by atoms with Crippen LogP contribution in [0.15, 0.2) is 20.8 Å². The lowest BCUT2D eigenvalue weighted by Gasteiger charge is -2.16. The minimum atomic E-state index is 0.580. The molecular weight excluding hydrogens is 376 g/mol. The smallest absolute Gasteiger partial charge is 0.187 e. The van der Waals surface area contributed by atoms with Crippen LogP contribution in [0.1, 0.15) is 4.88 Å².